The summed E-state index contributed by atoms with van der Waals surface area (Å²) < 4.78 is 2.78. The Bertz CT molecular complexity index is 1260. The van der Waals surface area contributed by atoms with Crippen LogP contribution in [0.5, 0.6) is 0 Å². The summed E-state index contributed by atoms with van der Waals surface area (Å²) in [6.07, 6.45) is 4.00. The smallest absolute Gasteiger partial charge is 0.0355 e. The summed E-state index contributed by atoms with van der Waals surface area (Å²) in [6.45, 7) is 12.6. The monoisotopic (exact) mass is 450 g/mol. The molecule has 0 nitrogen and oxygen atoms in total. The van der Waals surface area contributed by atoms with Crippen LogP contribution in [0.4, 0.5) is 0 Å². The van der Waals surface area contributed by atoms with E-state index in [2.05, 4.69) is 113 Å². The Balaban J connectivity index is 0.000000161. The zero-order valence-electron chi connectivity index (χ0n) is 20.6. The topological polar surface area (TPSA) is 0 Å². The molecule has 168 valence electrons. The largest absolute Gasteiger partial charge is 0.135 e. The second-order valence-electron chi connectivity index (χ2n) is 8.40. The predicted octanol–water partition coefficient (Wildman–Crippen LogP) is 10.2. The second-order valence-corrected chi connectivity index (χ2v) is 9.48. The van der Waals surface area contributed by atoms with E-state index in [1.54, 1.807) is 0 Å². The molecule has 0 fully saturated rings. The van der Waals surface area contributed by atoms with Gasteiger partial charge in [0.1, 0.15) is 0 Å². The minimum Gasteiger partial charge on any atom is -0.135 e. The van der Waals surface area contributed by atoms with Crippen molar-refractivity contribution < 1.29 is 0 Å². The molecule has 4 aromatic carbocycles. The average molecular weight is 451 g/mol. The van der Waals surface area contributed by atoms with Crippen LogP contribution in [0.15, 0.2) is 97.1 Å². The summed E-state index contributed by atoms with van der Waals surface area (Å²) >= 11 is 1.88. The van der Waals surface area contributed by atoms with E-state index in [1.165, 1.54) is 53.6 Å². The number of allylic oxidation sites excluding steroid dienone is 2. The molecule has 0 aliphatic carbocycles. The zero-order valence-corrected chi connectivity index (χ0v) is 21.5. The van der Waals surface area contributed by atoms with Gasteiger partial charge in [-0.15, -0.1) is 11.3 Å². The molecule has 0 amide bonds. The molecule has 0 bridgehead atoms. The van der Waals surface area contributed by atoms with Crippen molar-refractivity contribution in [2.45, 2.75) is 41.5 Å². The third-order valence-corrected chi connectivity index (χ3v) is 6.85. The molecular weight excluding hydrogens is 416 g/mol. The van der Waals surface area contributed by atoms with Gasteiger partial charge in [0.05, 0.1) is 0 Å². The standard InChI is InChI=1S/C14H12S.C14H14.C4H8/c1-9-3-5-13-11(7-9)12-8-10(2)4-6-14(12)15-13;1-11-7-3-5-9-13(11)14-10-6-4-8-12(14)2;1-3-4-2/h3-8H,1-2H3;3-10H,1-2H3;3-4H,1-2H3/b;;4-3-. The maximum atomic E-state index is 2.29. The van der Waals surface area contributed by atoms with Crippen molar-refractivity contribution in [3.63, 3.8) is 0 Å². The van der Waals surface area contributed by atoms with Gasteiger partial charge < -0.3 is 0 Å². The third kappa shape index (κ3) is 6.21. The summed E-state index contributed by atoms with van der Waals surface area (Å²) in [5.74, 6) is 0. The van der Waals surface area contributed by atoms with Gasteiger partial charge >= 0.3 is 0 Å². The van der Waals surface area contributed by atoms with Crippen LogP contribution in [0.2, 0.25) is 0 Å². The van der Waals surface area contributed by atoms with Gasteiger partial charge in [0.2, 0.25) is 0 Å². The Labute approximate surface area is 203 Å². The number of hydrogen-bond acceptors (Lipinski definition) is 1. The fourth-order valence-corrected chi connectivity index (χ4v) is 4.82. The number of aryl methyl sites for hydroxylation is 4. The summed E-state index contributed by atoms with van der Waals surface area (Å²) in [5.41, 5.74) is 8.02. The number of benzene rings is 4. The highest BCUT2D eigenvalue weighted by Gasteiger charge is 2.04. The highest BCUT2D eigenvalue weighted by atomic mass is 32.1. The number of rotatable bonds is 1. The fraction of sp³-hybridized carbons (Fsp3) is 0.188. The summed E-state index contributed by atoms with van der Waals surface area (Å²) in [5, 5.41) is 2.80. The molecule has 0 radical (unpaired) electrons. The van der Waals surface area contributed by atoms with E-state index in [-0.39, 0.29) is 0 Å². The molecular formula is C32H34S. The van der Waals surface area contributed by atoms with E-state index in [0.717, 1.165) is 0 Å². The lowest BCUT2D eigenvalue weighted by molar-refractivity contribution is 1.41. The Morgan fingerprint density at radius 3 is 1.27 bits per heavy atom. The van der Waals surface area contributed by atoms with Gasteiger partial charge in [-0.2, -0.15) is 0 Å². The van der Waals surface area contributed by atoms with Crippen molar-refractivity contribution in [3.05, 3.63) is 119 Å². The average Bonchev–Trinajstić information content (AvgIpc) is 3.17. The van der Waals surface area contributed by atoms with Crippen molar-refractivity contribution in [2.75, 3.05) is 0 Å². The third-order valence-electron chi connectivity index (χ3n) is 5.69. The molecule has 5 aromatic rings. The molecule has 1 heteroatoms. The molecule has 1 heterocycles. The maximum Gasteiger partial charge on any atom is 0.0355 e. The van der Waals surface area contributed by atoms with Gasteiger partial charge in [0.15, 0.2) is 0 Å². The molecule has 0 atom stereocenters. The van der Waals surface area contributed by atoms with Crippen molar-refractivity contribution in [1.82, 2.24) is 0 Å². The summed E-state index contributed by atoms with van der Waals surface area (Å²) in [6, 6.07) is 30.4. The van der Waals surface area contributed by atoms with Gasteiger partial charge in [0, 0.05) is 20.2 Å². The normalized spacial score (nSPS) is 10.6. The molecule has 0 saturated carbocycles. The fourth-order valence-electron chi connectivity index (χ4n) is 3.76. The van der Waals surface area contributed by atoms with E-state index in [0.29, 0.717) is 0 Å². The van der Waals surface area contributed by atoms with Crippen molar-refractivity contribution >= 4 is 31.5 Å². The lowest BCUT2D eigenvalue weighted by Crippen LogP contribution is -1.85. The summed E-state index contributed by atoms with van der Waals surface area (Å²) in [7, 11) is 0. The van der Waals surface area contributed by atoms with Crippen molar-refractivity contribution in [2.24, 2.45) is 0 Å². The molecule has 0 spiro atoms. The van der Waals surface area contributed by atoms with E-state index < -0.39 is 0 Å². The molecule has 0 unspecified atom stereocenters. The van der Waals surface area contributed by atoms with Crippen LogP contribution in [0.3, 0.4) is 0 Å². The molecule has 0 N–H and O–H groups in total. The van der Waals surface area contributed by atoms with Crippen LogP contribution in [-0.4, -0.2) is 0 Å². The minimum atomic E-state index is 1.34. The van der Waals surface area contributed by atoms with Crippen LogP contribution in [0, 0.1) is 27.7 Å². The van der Waals surface area contributed by atoms with Crippen LogP contribution >= 0.6 is 11.3 Å². The maximum absolute atomic E-state index is 2.29. The van der Waals surface area contributed by atoms with Crippen molar-refractivity contribution in [3.8, 4) is 11.1 Å². The van der Waals surface area contributed by atoms with Gasteiger partial charge in [0.25, 0.3) is 0 Å². The lowest BCUT2D eigenvalue weighted by atomic mass is 9.97. The quantitative estimate of drug-likeness (QED) is 0.223. The zero-order chi connectivity index (χ0) is 23.8. The van der Waals surface area contributed by atoms with Crippen LogP contribution in [0.1, 0.15) is 36.1 Å². The Kier molecular flexibility index (Phi) is 8.63. The lowest BCUT2D eigenvalue weighted by Gasteiger charge is -2.08. The predicted molar refractivity (Wildman–Crippen MR) is 151 cm³/mol. The van der Waals surface area contributed by atoms with E-state index in [4.69, 9.17) is 0 Å². The Hall–Kier alpha value is -3.16. The van der Waals surface area contributed by atoms with Gasteiger partial charge in [-0.3, -0.25) is 0 Å². The molecule has 33 heavy (non-hydrogen) atoms. The van der Waals surface area contributed by atoms with E-state index in [9.17, 15) is 0 Å². The first kappa shape index (κ1) is 24.5. The molecule has 0 saturated heterocycles. The Morgan fingerprint density at radius 1 is 0.515 bits per heavy atom. The van der Waals surface area contributed by atoms with Crippen LogP contribution < -0.4 is 0 Å². The second kappa shape index (κ2) is 11.6. The number of fused-ring (bicyclic) bond motifs is 3. The van der Waals surface area contributed by atoms with Gasteiger partial charge in [-0.05, 0) is 88.1 Å². The van der Waals surface area contributed by atoms with Crippen LogP contribution in [0.25, 0.3) is 31.3 Å². The molecule has 1 aromatic heterocycles. The summed E-state index contributed by atoms with van der Waals surface area (Å²) in [4.78, 5) is 0. The minimum absolute atomic E-state index is 1.34. The first-order chi connectivity index (χ1) is 15.9. The highest BCUT2D eigenvalue weighted by Crippen LogP contribution is 2.34. The number of thiophene rings is 1. The SMILES string of the molecule is C/C=C\C.Cc1ccc2sc3ccc(C)cc3c2c1.Cc1ccccc1-c1ccccc1C. The van der Waals surface area contributed by atoms with Crippen LogP contribution in [-0.2, 0) is 0 Å². The van der Waals surface area contributed by atoms with E-state index in [1.807, 2.05) is 37.3 Å². The van der Waals surface area contributed by atoms with Gasteiger partial charge in [-0.1, -0.05) is 83.9 Å². The number of hydrogen-bond donors (Lipinski definition) is 0. The van der Waals surface area contributed by atoms with E-state index >= 15 is 0 Å². The highest BCUT2D eigenvalue weighted by molar-refractivity contribution is 7.25. The molecule has 0 aliphatic rings. The van der Waals surface area contributed by atoms with Crippen molar-refractivity contribution in [1.29, 1.82) is 0 Å². The first-order valence-corrected chi connectivity index (χ1v) is 12.3. The Morgan fingerprint density at radius 2 is 0.909 bits per heavy atom. The molecule has 5 rings (SSSR count). The van der Waals surface area contributed by atoms with Gasteiger partial charge in [-0.25, -0.2) is 0 Å². The molecule has 0 aliphatic heterocycles. The first-order valence-electron chi connectivity index (χ1n) is 11.5.